The summed E-state index contributed by atoms with van der Waals surface area (Å²) in [6, 6.07) is 9.34. The number of hydrogen-bond donors (Lipinski definition) is 0. The van der Waals surface area contributed by atoms with Crippen molar-refractivity contribution in [2.24, 2.45) is 0 Å². The Bertz CT molecular complexity index is 1450. The second-order valence-electron chi connectivity index (χ2n) is 9.70. The van der Waals surface area contributed by atoms with E-state index in [9.17, 15) is 0 Å². The van der Waals surface area contributed by atoms with E-state index in [-0.39, 0.29) is 10.8 Å². The third-order valence-electron chi connectivity index (χ3n) is 7.28. The van der Waals surface area contributed by atoms with Gasteiger partial charge in [-0.3, -0.25) is 0 Å². The van der Waals surface area contributed by atoms with Gasteiger partial charge in [0.15, 0.2) is 0 Å². The van der Waals surface area contributed by atoms with Crippen LogP contribution in [0.2, 0.25) is 0 Å². The van der Waals surface area contributed by atoms with Gasteiger partial charge in [0, 0.05) is 26.1 Å². The second-order valence-corrected chi connectivity index (χ2v) is 14.6. The van der Waals surface area contributed by atoms with E-state index in [2.05, 4.69) is 90.7 Å². The number of hydrogen-bond acceptors (Lipinski definition) is 3. The summed E-state index contributed by atoms with van der Waals surface area (Å²) in [5.74, 6) is 0.988. The number of methoxy groups -OCH3 is 1. The molecule has 0 saturated carbocycles. The molecule has 0 aliphatic heterocycles. The van der Waals surface area contributed by atoms with Gasteiger partial charge in [0.1, 0.15) is 5.75 Å². The lowest BCUT2D eigenvalue weighted by Crippen LogP contribution is -2.18. The Kier molecular flexibility index (Phi) is 4.13. The number of benzene rings is 2. The molecule has 31 heavy (non-hydrogen) atoms. The normalized spacial score (nSPS) is 16.9. The fourth-order valence-electron chi connectivity index (χ4n) is 5.92. The summed E-state index contributed by atoms with van der Waals surface area (Å²) in [6.45, 7) is 11.7. The maximum absolute atomic E-state index is 6.05. The Morgan fingerprint density at radius 1 is 0.742 bits per heavy atom. The molecule has 2 aromatic heterocycles. The Balaban J connectivity index is 1.81. The van der Waals surface area contributed by atoms with E-state index in [4.69, 9.17) is 4.74 Å². The SMILES string of the molecule is COc1cc2c3c(c(C)cc2c2c1-c1sc(Br)cc1C2(C)C)-c1sc(Br)cc1C3(C)C. The molecule has 1 nitrogen and oxygen atoms in total. The molecule has 0 fully saturated rings. The number of rotatable bonds is 1. The zero-order valence-electron chi connectivity index (χ0n) is 18.3. The molecule has 2 aliphatic rings. The quantitative estimate of drug-likeness (QED) is 0.220. The average Bonchev–Trinajstić information content (AvgIpc) is 3.37. The van der Waals surface area contributed by atoms with Gasteiger partial charge < -0.3 is 4.74 Å². The second kappa shape index (κ2) is 6.25. The predicted octanol–water partition coefficient (Wildman–Crippen LogP) is 9.42. The van der Waals surface area contributed by atoms with Gasteiger partial charge in [-0.1, -0.05) is 33.8 Å². The summed E-state index contributed by atoms with van der Waals surface area (Å²) in [5, 5.41) is 2.71. The number of thiophene rings is 2. The molecular weight excluding hydrogens is 552 g/mol. The van der Waals surface area contributed by atoms with Crippen molar-refractivity contribution in [1.82, 2.24) is 0 Å². The van der Waals surface area contributed by atoms with Crippen LogP contribution in [0.3, 0.4) is 0 Å². The van der Waals surface area contributed by atoms with Crippen molar-refractivity contribution in [3.63, 3.8) is 0 Å². The first-order valence-electron chi connectivity index (χ1n) is 10.4. The number of halogens is 2. The number of ether oxygens (including phenoxy) is 1. The van der Waals surface area contributed by atoms with Gasteiger partial charge in [-0.05, 0) is 101 Å². The van der Waals surface area contributed by atoms with Gasteiger partial charge in [-0.15, -0.1) is 22.7 Å². The minimum Gasteiger partial charge on any atom is -0.496 e. The van der Waals surface area contributed by atoms with E-state index in [0.717, 1.165) is 5.75 Å². The molecule has 5 heteroatoms. The molecule has 2 aromatic carbocycles. The summed E-state index contributed by atoms with van der Waals surface area (Å²) >= 11 is 11.1. The molecule has 2 heterocycles. The van der Waals surface area contributed by atoms with E-state index in [0.29, 0.717) is 0 Å². The van der Waals surface area contributed by atoms with Crippen molar-refractivity contribution in [1.29, 1.82) is 0 Å². The van der Waals surface area contributed by atoms with Crippen LogP contribution in [0.15, 0.2) is 31.8 Å². The van der Waals surface area contributed by atoms with Gasteiger partial charge in [-0.2, -0.15) is 0 Å². The van der Waals surface area contributed by atoms with Crippen LogP contribution in [0.25, 0.3) is 31.7 Å². The highest BCUT2D eigenvalue weighted by molar-refractivity contribution is 9.11. The smallest absolute Gasteiger partial charge is 0.128 e. The summed E-state index contributed by atoms with van der Waals surface area (Å²) in [6.07, 6.45) is 0. The van der Waals surface area contributed by atoms with Crippen molar-refractivity contribution in [3.05, 3.63) is 59.7 Å². The van der Waals surface area contributed by atoms with Crippen LogP contribution in [0.5, 0.6) is 5.75 Å². The Morgan fingerprint density at radius 2 is 1.23 bits per heavy atom. The largest absolute Gasteiger partial charge is 0.496 e. The standard InChI is InChI=1S/C26H22Br2OS2/c1-11-7-12-13(21-19(11)23-14(25(21,2)3)9-17(27)30-23)8-16(29-6)20-22(12)26(4,5)15-10-18(28)31-24(15)20/h7-10H,1-6H3. The van der Waals surface area contributed by atoms with Crippen LogP contribution in [-0.4, -0.2) is 7.11 Å². The topological polar surface area (TPSA) is 9.23 Å². The van der Waals surface area contributed by atoms with Gasteiger partial charge in [0.2, 0.25) is 0 Å². The first kappa shape index (κ1) is 20.5. The Morgan fingerprint density at radius 3 is 1.77 bits per heavy atom. The van der Waals surface area contributed by atoms with Crippen LogP contribution >= 0.6 is 54.5 Å². The molecule has 2 aliphatic carbocycles. The minimum atomic E-state index is -0.0722. The Hall–Kier alpha value is -1.14. The van der Waals surface area contributed by atoms with E-state index >= 15 is 0 Å². The number of fused-ring (bicyclic) bond motifs is 9. The fraction of sp³-hybridized carbons (Fsp3) is 0.308. The summed E-state index contributed by atoms with van der Waals surface area (Å²) in [7, 11) is 1.81. The van der Waals surface area contributed by atoms with Crippen LogP contribution in [0.4, 0.5) is 0 Å². The molecule has 6 rings (SSSR count). The summed E-state index contributed by atoms with van der Waals surface area (Å²) in [4.78, 5) is 2.75. The first-order chi connectivity index (χ1) is 14.6. The molecule has 0 spiro atoms. The lowest BCUT2D eigenvalue weighted by atomic mass is 9.76. The van der Waals surface area contributed by atoms with E-state index in [1.807, 2.05) is 29.8 Å². The highest BCUT2D eigenvalue weighted by Crippen LogP contribution is 2.62. The monoisotopic (exact) mass is 572 g/mol. The maximum atomic E-state index is 6.05. The highest BCUT2D eigenvalue weighted by Gasteiger charge is 2.44. The molecule has 0 saturated heterocycles. The van der Waals surface area contributed by atoms with Crippen molar-refractivity contribution in [2.45, 2.75) is 45.4 Å². The maximum Gasteiger partial charge on any atom is 0.128 e. The minimum absolute atomic E-state index is 0.0483. The van der Waals surface area contributed by atoms with Crippen molar-refractivity contribution in [2.75, 3.05) is 7.11 Å². The Labute approximate surface area is 207 Å². The summed E-state index contributed by atoms with van der Waals surface area (Å²) < 4.78 is 8.43. The van der Waals surface area contributed by atoms with Gasteiger partial charge >= 0.3 is 0 Å². The van der Waals surface area contributed by atoms with E-state index in [1.54, 1.807) is 0 Å². The molecule has 0 atom stereocenters. The van der Waals surface area contributed by atoms with Gasteiger partial charge in [0.05, 0.1) is 14.7 Å². The van der Waals surface area contributed by atoms with Gasteiger partial charge in [0.25, 0.3) is 0 Å². The molecule has 0 amide bonds. The molecular formula is C26H22Br2OS2. The third-order valence-corrected chi connectivity index (χ3v) is 10.6. The van der Waals surface area contributed by atoms with Crippen molar-refractivity contribution in [3.8, 4) is 26.6 Å². The van der Waals surface area contributed by atoms with Gasteiger partial charge in [-0.25, -0.2) is 0 Å². The van der Waals surface area contributed by atoms with E-state index < -0.39 is 0 Å². The molecule has 0 unspecified atom stereocenters. The van der Waals surface area contributed by atoms with Crippen LogP contribution in [0, 0.1) is 6.92 Å². The van der Waals surface area contributed by atoms with Crippen LogP contribution < -0.4 is 4.74 Å². The molecule has 158 valence electrons. The first-order valence-corrected chi connectivity index (χ1v) is 13.6. The molecule has 4 aromatic rings. The van der Waals surface area contributed by atoms with Crippen molar-refractivity contribution < 1.29 is 4.74 Å². The van der Waals surface area contributed by atoms with Crippen LogP contribution in [-0.2, 0) is 10.8 Å². The predicted molar refractivity (Wildman–Crippen MR) is 142 cm³/mol. The lowest BCUT2D eigenvalue weighted by molar-refractivity contribution is 0.416. The highest BCUT2D eigenvalue weighted by atomic mass is 79.9. The zero-order chi connectivity index (χ0) is 22.0. The molecule has 0 N–H and O–H groups in total. The zero-order valence-corrected chi connectivity index (χ0v) is 23.1. The van der Waals surface area contributed by atoms with Crippen LogP contribution in [0.1, 0.15) is 55.5 Å². The number of aryl methyl sites for hydroxylation is 1. The lowest BCUT2D eigenvalue weighted by Gasteiger charge is -2.28. The molecule has 0 radical (unpaired) electrons. The van der Waals surface area contributed by atoms with E-state index in [1.165, 1.54) is 67.0 Å². The fourth-order valence-corrected chi connectivity index (χ4v) is 9.61. The third kappa shape index (κ3) is 2.41. The average molecular weight is 574 g/mol. The molecule has 0 bridgehead atoms. The van der Waals surface area contributed by atoms with Crippen molar-refractivity contribution >= 4 is 65.3 Å². The summed E-state index contributed by atoms with van der Waals surface area (Å²) in [5.41, 5.74) is 9.62.